The van der Waals surface area contributed by atoms with Gasteiger partial charge in [0.05, 0.1) is 32.9 Å². The summed E-state index contributed by atoms with van der Waals surface area (Å²) in [6.45, 7) is 3.15. The Labute approximate surface area is 137 Å². The number of benzene rings is 1. The Bertz CT molecular complexity index is 535. The van der Waals surface area contributed by atoms with Crippen LogP contribution in [0.5, 0.6) is 11.5 Å². The molecule has 0 aromatic heterocycles. The van der Waals surface area contributed by atoms with Crippen LogP contribution in [0.1, 0.15) is 31.4 Å². The van der Waals surface area contributed by atoms with E-state index in [0.717, 1.165) is 36.4 Å². The fourth-order valence-corrected chi connectivity index (χ4v) is 3.02. The summed E-state index contributed by atoms with van der Waals surface area (Å²) in [5, 5.41) is 2.98. The Balaban J connectivity index is 2.19. The van der Waals surface area contributed by atoms with E-state index in [-0.39, 0.29) is 18.1 Å². The molecule has 0 bridgehead atoms. The fourth-order valence-electron chi connectivity index (χ4n) is 3.02. The third kappa shape index (κ3) is 4.07. The molecule has 0 saturated carbocycles. The van der Waals surface area contributed by atoms with E-state index in [1.54, 1.807) is 21.3 Å². The first-order valence-electron chi connectivity index (χ1n) is 7.88. The number of ether oxygens (including phenoxy) is 3. The molecule has 1 aliphatic rings. The average molecular weight is 322 g/mol. The molecule has 6 nitrogen and oxygen atoms in total. The van der Waals surface area contributed by atoms with Gasteiger partial charge in [0.15, 0.2) is 0 Å². The highest BCUT2D eigenvalue weighted by molar-refractivity contribution is 5.75. The van der Waals surface area contributed by atoms with Gasteiger partial charge in [0.2, 0.25) is 0 Å². The van der Waals surface area contributed by atoms with Gasteiger partial charge in [-0.25, -0.2) is 4.79 Å². The highest BCUT2D eigenvalue weighted by Gasteiger charge is 2.32. The van der Waals surface area contributed by atoms with Gasteiger partial charge >= 0.3 is 6.03 Å². The highest BCUT2D eigenvalue weighted by Crippen LogP contribution is 2.38. The minimum atomic E-state index is -0.0677. The van der Waals surface area contributed by atoms with E-state index in [9.17, 15) is 4.79 Å². The van der Waals surface area contributed by atoms with Crippen LogP contribution in [0.4, 0.5) is 4.79 Å². The lowest BCUT2D eigenvalue weighted by Gasteiger charge is -2.28. The van der Waals surface area contributed by atoms with Crippen LogP contribution in [-0.2, 0) is 4.74 Å². The summed E-state index contributed by atoms with van der Waals surface area (Å²) in [4.78, 5) is 14.4. The van der Waals surface area contributed by atoms with Crippen molar-refractivity contribution in [2.24, 2.45) is 0 Å². The fraction of sp³-hybridized carbons (Fsp3) is 0.588. The number of hydrogen-bond donors (Lipinski definition) is 1. The molecule has 1 aromatic rings. The van der Waals surface area contributed by atoms with E-state index >= 15 is 0 Å². The van der Waals surface area contributed by atoms with Crippen molar-refractivity contribution in [2.75, 3.05) is 34.5 Å². The van der Waals surface area contributed by atoms with E-state index in [0.29, 0.717) is 6.61 Å². The summed E-state index contributed by atoms with van der Waals surface area (Å²) in [7, 11) is 4.91. The molecular weight excluding hydrogens is 296 g/mol. The minimum absolute atomic E-state index is 0.00482. The van der Waals surface area contributed by atoms with Crippen LogP contribution in [-0.4, -0.2) is 51.5 Å². The van der Waals surface area contributed by atoms with Crippen molar-refractivity contribution in [3.63, 3.8) is 0 Å². The van der Waals surface area contributed by atoms with E-state index in [4.69, 9.17) is 14.2 Å². The van der Waals surface area contributed by atoms with E-state index in [2.05, 4.69) is 5.32 Å². The molecule has 0 aliphatic carbocycles. The van der Waals surface area contributed by atoms with Crippen molar-refractivity contribution in [1.82, 2.24) is 10.2 Å². The maximum Gasteiger partial charge on any atom is 0.318 e. The van der Waals surface area contributed by atoms with Crippen molar-refractivity contribution in [3.05, 3.63) is 23.8 Å². The lowest BCUT2D eigenvalue weighted by Crippen LogP contribution is -2.45. The minimum Gasteiger partial charge on any atom is -0.497 e. The molecule has 1 fully saturated rings. The van der Waals surface area contributed by atoms with Crippen LogP contribution in [0, 0.1) is 0 Å². The zero-order valence-corrected chi connectivity index (χ0v) is 14.3. The van der Waals surface area contributed by atoms with Crippen molar-refractivity contribution in [2.45, 2.75) is 31.8 Å². The summed E-state index contributed by atoms with van der Waals surface area (Å²) >= 11 is 0. The Morgan fingerprint density at radius 2 is 2.13 bits per heavy atom. The molecular formula is C17H26N2O4. The van der Waals surface area contributed by atoms with Gasteiger partial charge in [0.1, 0.15) is 11.5 Å². The Kier molecular flexibility index (Phi) is 6.10. The van der Waals surface area contributed by atoms with Crippen LogP contribution in [0.15, 0.2) is 18.2 Å². The van der Waals surface area contributed by atoms with Crippen molar-refractivity contribution in [1.29, 1.82) is 0 Å². The number of rotatable bonds is 6. The lowest BCUT2D eigenvalue weighted by molar-refractivity contribution is 0.157. The molecule has 2 atom stereocenters. The first-order valence-corrected chi connectivity index (χ1v) is 7.88. The zero-order chi connectivity index (χ0) is 16.8. The average Bonchev–Trinajstić information content (AvgIpc) is 3.03. The normalized spacial score (nSPS) is 18.6. The number of hydrogen-bond acceptors (Lipinski definition) is 4. The number of carbonyl (C=O) groups excluding carboxylic acids is 1. The van der Waals surface area contributed by atoms with Crippen molar-refractivity contribution < 1.29 is 19.0 Å². The SMILES string of the molecule is COC[C@@H](C)NC(=O)N1CCC[C@H]1c1cc(OC)ccc1OC. The molecule has 1 aromatic carbocycles. The molecule has 1 saturated heterocycles. The number of urea groups is 1. The molecule has 0 spiro atoms. The number of nitrogens with zero attached hydrogens (tertiary/aromatic N) is 1. The smallest absolute Gasteiger partial charge is 0.318 e. The van der Waals surface area contributed by atoms with Crippen molar-refractivity contribution >= 4 is 6.03 Å². The quantitative estimate of drug-likeness (QED) is 0.874. The monoisotopic (exact) mass is 322 g/mol. The van der Waals surface area contributed by atoms with Gasteiger partial charge in [-0.3, -0.25) is 0 Å². The maximum absolute atomic E-state index is 12.6. The van der Waals surface area contributed by atoms with Crippen molar-refractivity contribution in [3.8, 4) is 11.5 Å². The second kappa shape index (κ2) is 8.06. The first-order chi connectivity index (χ1) is 11.1. The van der Waals surface area contributed by atoms with Gasteiger partial charge in [-0.05, 0) is 38.0 Å². The molecule has 0 unspecified atom stereocenters. The molecule has 0 radical (unpaired) electrons. The topological polar surface area (TPSA) is 60.0 Å². The van der Waals surface area contributed by atoms with Gasteiger partial charge in [0.25, 0.3) is 0 Å². The van der Waals surface area contributed by atoms with Crippen LogP contribution in [0.3, 0.4) is 0 Å². The van der Waals surface area contributed by atoms with Gasteiger partial charge in [-0.15, -0.1) is 0 Å². The molecule has 1 N–H and O–H groups in total. The number of nitrogens with one attached hydrogen (secondary N) is 1. The van der Waals surface area contributed by atoms with Gasteiger partial charge in [-0.2, -0.15) is 0 Å². The summed E-state index contributed by atoms with van der Waals surface area (Å²) < 4.78 is 15.9. The third-order valence-electron chi connectivity index (χ3n) is 4.10. The Morgan fingerprint density at radius 3 is 2.78 bits per heavy atom. The molecule has 2 amide bonds. The number of carbonyl (C=O) groups is 1. The predicted molar refractivity (Wildman–Crippen MR) is 88.1 cm³/mol. The third-order valence-corrected chi connectivity index (χ3v) is 4.10. The maximum atomic E-state index is 12.6. The van der Waals surface area contributed by atoms with Gasteiger partial charge < -0.3 is 24.4 Å². The van der Waals surface area contributed by atoms with E-state index in [1.165, 1.54) is 0 Å². The first kappa shape index (κ1) is 17.4. The Morgan fingerprint density at radius 1 is 1.35 bits per heavy atom. The van der Waals surface area contributed by atoms with E-state index < -0.39 is 0 Å². The summed E-state index contributed by atoms with van der Waals surface area (Å²) in [5.41, 5.74) is 0.985. The van der Waals surface area contributed by atoms with Crippen LogP contribution in [0.2, 0.25) is 0 Å². The number of amides is 2. The zero-order valence-electron chi connectivity index (χ0n) is 14.3. The van der Waals surface area contributed by atoms with Crippen LogP contribution < -0.4 is 14.8 Å². The lowest BCUT2D eigenvalue weighted by atomic mass is 10.0. The Hall–Kier alpha value is -1.95. The van der Waals surface area contributed by atoms with Crippen LogP contribution >= 0.6 is 0 Å². The molecule has 2 rings (SSSR count). The standard InChI is InChI=1S/C17H26N2O4/c1-12(11-21-2)18-17(20)19-9-5-6-15(19)14-10-13(22-3)7-8-16(14)23-4/h7-8,10,12,15H,5-6,9,11H2,1-4H3,(H,18,20)/t12-,15+/m1/s1. The summed E-state index contributed by atoms with van der Waals surface area (Å²) in [6, 6.07) is 5.60. The number of methoxy groups -OCH3 is 3. The summed E-state index contributed by atoms with van der Waals surface area (Å²) in [6.07, 6.45) is 1.88. The molecule has 6 heteroatoms. The highest BCUT2D eigenvalue weighted by atomic mass is 16.5. The second-order valence-corrected chi connectivity index (χ2v) is 5.77. The molecule has 23 heavy (non-hydrogen) atoms. The van der Waals surface area contributed by atoms with Gasteiger partial charge in [-0.1, -0.05) is 0 Å². The molecule has 1 heterocycles. The van der Waals surface area contributed by atoms with Gasteiger partial charge in [0, 0.05) is 19.2 Å². The summed E-state index contributed by atoms with van der Waals surface area (Å²) in [5.74, 6) is 1.54. The number of likely N-dealkylation sites (tertiary alicyclic amines) is 1. The van der Waals surface area contributed by atoms with E-state index in [1.807, 2.05) is 30.0 Å². The predicted octanol–water partition coefficient (Wildman–Crippen LogP) is 2.59. The molecule has 128 valence electrons. The molecule has 1 aliphatic heterocycles. The largest absolute Gasteiger partial charge is 0.497 e. The second-order valence-electron chi connectivity index (χ2n) is 5.77. The van der Waals surface area contributed by atoms with Crippen LogP contribution in [0.25, 0.3) is 0 Å².